The molecule has 1 aliphatic heterocycles. The monoisotopic (exact) mass is 320 g/mol. The number of benzene rings is 1. The molecular formula is C18H28N2O3. The Morgan fingerprint density at radius 1 is 1.39 bits per heavy atom. The van der Waals surface area contributed by atoms with Crippen molar-refractivity contribution in [2.75, 3.05) is 39.9 Å². The van der Waals surface area contributed by atoms with Gasteiger partial charge >= 0.3 is 0 Å². The first-order chi connectivity index (χ1) is 11.1. The van der Waals surface area contributed by atoms with Crippen LogP contribution in [0.15, 0.2) is 24.3 Å². The number of ether oxygens (including phenoxy) is 2. The number of carbonyl (C=O) groups excluding carboxylic acids is 1. The molecule has 1 aromatic carbocycles. The number of nitrogens with zero attached hydrogens (tertiary/aromatic N) is 1. The predicted octanol–water partition coefficient (Wildman–Crippen LogP) is 1.71. The normalized spacial score (nSPS) is 18.9. The maximum atomic E-state index is 12.1. The number of methoxy groups -OCH3 is 1. The van der Waals surface area contributed by atoms with E-state index in [2.05, 4.69) is 24.1 Å². The first-order valence-corrected chi connectivity index (χ1v) is 8.30. The first kappa shape index (κ1) is 17.8. The molecule has 23 heavy (non-hydrogen) atoms. The SMILES string of the molecule is COc1ccc(CC(=O)NCC2CN(CC(C)C)CCO2)cc1. The zero-order valence-corrected chi connectivity index (χ0v) is 14.4. The van der Waals surface area contributed by atoms with Gasteiger partial charge in [-0.3, -0.25) is 9.69 Å². The second kappa shape index (κ2) is 8.89. The molecule has 5 nitrogen and oxygen atoms in total. The van der Waals surface area contributed by atoms with E-state index in [-0.39, 0.29) is 12.0 Å². The summed E-state index contributed by atoms with van der Waals surface area (Å²) in [6.45, 7) is 8.71. The van der Waals surface area contributed by atoms with Gasteiger partial charge in [-0.25, -0.2) is 0 Å². The quantitative estimate of drug-likeness (QED) is 0.831. The lowest BCUT2D eigenvalue weighted by Crippen LogP contribution is -2.48. The summed E-state index contributed by atoms with van der Waals surface area (Å²) in [6, 6.07) is 7.58. The summed E-state index contributed by atoms with van der Waals surface area (Å²) in [5.41, 5.74) is 0.981. The number of morpholine rings is 1. The highest BCUT2D eigenvalue weighted by Crippen LogP contribution is 2.12. The van der Waals surface area contributed by atoms with Gasteiger partial charge in [-0.15, -0.1) is 0 Å². The number of carbonyl (C=O) groups is 1. The molecule has 0 aromatic heterocycles. The third-order valence-corrected chi connectivity index (χ3v) is 3.90. The van der Waals surface area contributed by atoms with E-state index >= 15 is 0 Å². The lowest BCUT2D eigenvalue weighted by atomic mass is 10.1. The van der Waals surface area contributed by atoms with Gasteiger partial charge in [-0.05, 0) is 23.6 Å². The van der Waals surface area contributed by atoms with Gasteiger partial charge in [0.2, 0.25) is 5.91 Å². The lowest BCUT2D eigenvalue weighted by Gasteiger charge is -2.33. The fourth-order valence-corrected chi connectivity index (χ4v) is 2.81. The highest BCUT2D eigenvalue weighted by atomic mass is 16.5. The van der Waals surface area contributed by atoms with Gasteiger partial charge in [0, 0.05) is 26.2 Å². The van der Waals surface area contributed by atoms with Crippen LogP contribution in [0.4, 0.5) is 0 Å². The molecule has 1 N–H and O–H groups in total. The molecule has 0 saturated carbocycles. The molecule has 2 rings (SSSR count). The fraction of sp³-hybridized carbons (Fsp3) is 0.611. The third kappa shape index (κ3) is 6.20. The van der Waals surface area contributed by atoms with Gasteiger partial charge in [-0.1, -0.05) is 26.0 Å². The summed E-state index contributed by atoms with van der Waals surface area (Å²) in [4.78, 5) is 14.5. The van der Waals surface area contributed by atoms with E-state index in [1.807, 2.05) is 24.3 Å². The van der Waals surface area contributed by atoms with Crippen LogP contribution in [0, 0.1) is 5.92 Å². The standard InChI is InChI=1S/C18H28N2O3/c1-14(2)12-20-8-9-23-17(13-20)11-19-18(21)10-15-4-6-16(22-3)7-5-15/h4-7,14,17H,8-13H2,1-3H3,(H,19,21). The van der Waals surface area contributed by atoms with Gasteiger partial charge in [0.25, 0.3) is 0 Å². The zero-order chi connectivity index (χ0) is 16.7. The van der Waals surface area contributed by atoms with Crippen molar-refractivity contribution in [3.63, 3.8) is 0 Å². The van der Waals surface area contributed by atoms with Crippen molar-refractivity contribution < 1.29 is 14.3 Å². The van der Waals surface area contributed by atoms with Gasteiger partial charge in [-0.2, -0.15) is 0 Å². The summed E-state index contributed by atoms with van der Waals surface area (Å²) in [5, 5.41) is 2.98. The molecule has 128 valence electrons. The van der Waals surface area contributed by atoms with Crippen molar-refractivity contribution in [1.29, 1.82) is 0 Å². The largest absolute Gasteiger partial charge is 0.497 e. The second-order valence-electron chi connectivity index (χ2n) is 6.48. The molecule has 5 heteroatoms. The average molecular weight is 320 g/mol. The van der Waals surface area contributed by atoms with Crippen molar-refractivity contribution >= 4 is 5.91 Å². The van der Waals surface area contributed by atoms with E-state index < -0.39 is 0 Å². The molecule has 1 unspecified atom stereocenters. The molecule has 0 bridgehead atoms. The van der Waals surface area contributed by atoms with Crippen molar-refractivity contribution in [2.45, 2.75) is 26.4 Å². The Bertz CT molecular complexity index is 488. The van der Waals surface area contributed by atoms with E-state index in [1.54, 1.807) is 7.11 Å². The highest BCUT2D eigenvalue weighted by molar-refractivity contribution is 5.78. The second-order valence-corrected chi connectivity index (χ2v) is 6.48. The predicted molar refractivity (Wildman–Crippen MR) is 90.7 cm³/mol. The van der Waals surface area contributed by atoms with Crippen LogP contribution in [-0.4, -0.2) is 56.8 Å². The van der Waals surface area contributed by atoms with E-state index in [0.717, 1.165) is 37.6 Å². The Kier molecular flexibility index (Phi) is 6.86. The zero-order valence-electron chi connectivity index (χ0n) is 14.4. The van der Waals surface area contributed by atoms with Crippen LogP contribution in [0.2, 0.25) is 0 Å². The molecule has 0 aliphatic carbocycles. The van der Waals surface area contributed by atoms with Crippen molar-refractivity contribution in [1.82, 2.24) is 10.2 Å². The van der Waals surface area contributed by atoms with E-state index in [9.17, 15) is 4.79 Å². The van der Waals surface area contributed by atoms with Crippen LogP contribution in [0.25, 0.3) is 0 Å². The van der Waals surface area contributed by atoms with Crippen LogP contribution in [0.5, 0.6) is 5.75 Å². The van der Waals surface area contributed by atoms with Crippen LogP contribution in [-0.2, 0) is 16.0 Å². The Morgan fingerprint density at radius 3 is 2.78 bits per heavy atom. The summed E-state index contributed by atoms with van der Waals surface area (Å²) in [5.74, 6) is 1.48. The maximum absolute atomic E-state index is 12.1. The molecule has 1 atom stereocenters. The van der Waals surface area contributed by atoms with E-state index in [1.165, 1.54) is 0 Å². The van der Waals surface area contributed by atoms with Gasteiger partial charge < -0.3 is 14.8 Å². The van der Waals surface area contributed by atoms with Crippen molar-refractivity contribution in [2.24, 2.45) is 5.92 Å². The fourth-order valence-electron chi connectivity index (χ4n) is 2.81. The molecule has 0 spiro atoms. The number of amides is 1. The molecule has 1 saturated heterocycles. The smallest absolute Gasteiger partial charge is 0.224 e. The molecule has 0 radical (unpaired) electrons. The number of nitrogens with one attached hydrogen (secondary N) is 1. The minimum atomic E-state index is 0.0275. The van der Waals surface area contributed by atoms with Crippen molar-refractivity contribution in [3.05, 3.63) is 29.8 Å². The molecule has 1 aromatic rings. The van der Waals surface area contributed by atoms with Crippen LogP contribution >= 0.6 is 0 Å². The Hall–Kier alpha value is -1.59. The maximum Gasteiger partial charge on any atom is 0.224 e. The van der Waals surface area contributed by atoms with Crippen LogP contribution in [0.1, 0.15) is 19.4 Å². The molecule has 1 amide bonds. The summed E-state index contributed by atoms with van der Waals surface area (Å²) >= 11 is 0. The topological polar surface area (TPSA) is 50.8 Å². The van der Waals surface area contributed by atoms with Gasteiger partial charge in [0.15, 0.2) is 0 Å². The van der Waals surface area contributed by atoms with Gasteiger partial charge in [0.1, 0.15) is 5.75 Å². The number of hydrogen-bond donors (Lipinski definition) is 1. The van der Waals surface area contributed by atoms with E-state index in [0.29, 0.717) is 18.9 Å². The summed E-state index contributed by atoms with van der Waals surface area (Å²) in [7, 11) is 1.63. The minimum absolute atomic E-state index is 0.0275. The van der Waals surface area contributed by atoms with Crippen LogP contribution in [0.3, 0.4) is 0 Å². The average Bonchev–Trinajstić information content (AvgIpc) is 2.53. The molecular weight excluding hydrogens is 292 g/mol. The minimum Gasteiger partial charge on any atom is -0.497 e. The first-order valence-electron chi connectivity index (χ1n) is 8.30. The molecule has 1 heterocycles. The van der Waals surface area contributed by atoms with E-state index in [4.69, 9.17) is 9.47 Å². The number of rotatable bonds is 7. The van der Waals surface area contributed by atoms with Crippen LogP contribution < -0.4 is 10.1 Å². The molecule has 1 aliphatic rings. The third-order valence-electron chi connectivity index (χ3n) is 3.90. The van der Waals surface area contributed by atoms with Crippen molar-refractivity contribution in [3.8, 4) is 5.75 Å². The Morgan fingerprint density at radius 2 is 2.13 bits per heavy atom. The Balaban J connectivity index is 1.72. The summed E-state index contributed by atoms with van der Waals surface area (Å²) in [6.07, 6.45) is 0.467. The Labute approximate surface area is 139 Å². The molecule has 1 fully saturated rings. The lowest BCUT2D eigenvalue weighted by molar-refractivity contribution is -0.121. The van der Waals surface area contributed by atoms with Gasteiger partial charge in [0.05, 0.1) is 26.2 Å². The highest BCUT2D eigenvalue weighted by Gasteiger charge is 2.21. The summed E-state index contributed by atoms with van der Waals surface area (Å²) < 4.78 is 10.9. The number of hydrogen-bond acceptors (Lipinski definition) is 4.